The molecule has 0 aliphatic heterocycles. The van der Waals surface area contributed by atoms with E-state index in [-0.39, 0.29) is 4.90 Å². The molecule has 0 aliphatic rings. The lowest BCUT2D eigenvalue weighted by Gasteiger charge is -2.12. The van der Waals surface area contributed by atoms with Gasteiger partial charge in [-0.25, -0.2) is 13.4 Å². The van der Waals surface area contributed by atoms with Gasteiger partial charge in [-0.2, -0.15) is 0 Å². The van der Waals surface area contributed by atoms with Crippen LogP contribution < -0.4 is 9.46 Å². The van der Waals surface area contributed by atoms with Gasteiger partial charge in [0.05, 0.1) is 34.6 Å². The summed E-state index contributed by atoms with van der Waals surface area (Å²) in [6.45, 7) is 2.30. The maximum Gasteiger partial charge on any atom is 0.262 e. The zero-order valence-electron chi connectivity index (χ0n) is 12.9. The molecular formula is C16H17N3O3S. The van der Waals surface area contributed by atoms with Crippen molar-refractivity contribution in [1.82, 2.24) is 9.55 Å². The van der Waals surface area contributed by atoms with Gasteiger partial charge in [-0.05, 0) is 37.3 Å². The number of hydrogen-bond acceptors (Lipinski definition) is 4. The van der Waals surface area contributed by atoms with E-state index in [1.54, 1.807) is 48.8 Å². The average molecular weight is 331 g/mol. The molecule has 0 saturated heterocycles. The van der Waals surface area contributed by atoms with E-state index in [1.807, 2.05) is 18.5 Å². The van der Waals surface area contributed by atoms with Gasteiger partial charge in [0.2, 0.25) is 0 Å². The van der Waals surface area contributed by atoms with Gasteiger partial charge in [0, 0.05) is 7.05 Å². The van der Waals surface area contributed by atoms with Gasteiger partial charge in [-0.15, -0.1) is 0 Å². The second kappa shape index (κ2) is 5.92. The predicted octanol–water partition coefficient (Wildman–Crippen LogP) is 2.77. The van der Waals surface area contributed by atoms with Crippen molar-refractivity contribution in [2.75, 3.05) is 11.3 Å². The molecule has 0 fully saturated rings. The van der Waals surface area contributed by atoms with Crippen LogP contribution in [0.5, 0.6) is 5.75 Å². The van der Waals surface area contributed by atoms with Gasteiger partial charge >= 0.3 is 0 Å². The van der Waals surface area contributed by atoms with E-state index >= 15 is 0 Å². The van der Waals surface area contributed by atoms with Crippen molar-refractivity contribution in [1.29, 1.82) is 0 Å². The van der Waals surface area contributed by atoms with Crippen LogP contribution in [-0.2, 0) is 17.1 Å². The summed E-state index contributed by atoms with van der Waals surface area (Å²) in [4.78, 5) is 4.35. The van der Waals surface area contributed by atoms with Gasteiger partial charge in [0.25, 0.3) is 10.0 Å². The number of nitrogens with zero attached hydrogens (tertiary/aromatic N) is 2. The van der Waals surface area contributed by atoms with Crippen molar-refractivity contribution in [3.8, 4) is 5.75 Å². The standard InChI is InChI=1S/C16H17N3O3S/c1-3-22-16-7-5-4-6-13(16)18-23(20,21)12-8-9-15-14(10-12)17-11-19(15)2/h4-11,18H,3H2,1-2H3. The molecule has 0 bridgehead atoms. The second-order valence-corrected chi connectivity index (χ2v) is 6.72. The van der Waals surface area contributed by atoms with E-state index < -0.39 is 10.0 Å². The Bertz CT molecular complexity index is 948. The van der Waals surface area contributed by atoms with E-state index in [4.69, 9.17) is 4.74 Å². The largest absolute Gasteiger partial charge is 0.492 e. The van der Waals surface area contributed by atoms with Gasteiger partial charge in [-0.3, -0.25) is 4.72 Å². The zero-order valence-corrected chi connectivity index (χ0v) is 13.7. The third-order valence-electron chi connectivity index (χ3n) is 3.44. The molecule has 0 atom stereocenters. The third kappa shape index (κ3) is 3.00. The molecule has 0 amide bonds. The Kier molecular flexibility index (Phi) is 3.96. The summed E-state index contributed by atoms with van der Waals surface area (Å²) in [7, 11) is -1.85. The van der Waals surface area contributed by atoms with Gasteiger partial charge in [0.15, 0.2) is 0 Å². The summed E-state index contributed by atoms with van der Waals surface area (Å²) >= 11 is 0. The molecule has 0 unspecified atom stereocenters. The molecule has 0 saturated carbocycles. The smallest absolute Gasteiger partial charge is 0.262 e. The molecule has 0 radical (unpaired) electrons. The molecule has 1 aromatic heterocycles. The Morgan fingerprint density at radius 3 is 2.78 bits per heavy atom. The Balaban J connectivity index is 1.97. The molecule has 0 aliphatic carbocycles. The van der Waals surface area contributed by atoms with E-state index in [1.165, 1.54) is 0 Å². The first-order valence-electron chi connectivity index (χ1n) is 7.17. The fourth-order valence-electron chi connectivity index (χ4n) is 2.32. The minimum absolute atomic E-state index is 0.162. The Labute approximate surface area is 134 Å². The summed E-state index contributed by atoms with van der Waals surface area (Å²) in [6, 6.07) is 11.8. The molecule has 1 heterocycles. The predicted molar refractivity (Wildman–Crippen MR) is 89.1 cm³/mol. The summed E-state index contributed by atoms with van der Waals surface area (Å²) in [5.74, 6) is 0.498. The van der Waals surface area contributed by atoms with Gasteiger partial charge < -0.3 is 9.30 Å². The highest BCUT2D eigenvalue weighted by Gasteiger charge is 2.17. The minimum Gasteiger partial charge on any atom is -0.492 e. The lowest BCUT2D eigenvalue weighted by atomic mass is 10.3. The van der Waals surface area contributed by atoms with E-state index in [9.17, 15) is 8.42 Å². The third-order valence-corrected chi connectivity index (χ3v) is 4.80. The first-order chi connectivity index (χ1) is 11.0. The van der Waals surface area contributed by atoms with E-state index in [0.29, 0.717) is 23.6 Å². The second-order valence-electron chi connectivity index (χ2n) is 5.04. The number of hydrogen-bond donors (Lipinski definition) is 1. The highest BCUT2D eigenvalue weighted by Crippen LogP contribution is 2.27. The van der Waals surface area contributed by atoms with Crippen LogP contribution in [-0.4, -0.2) is 24.6 Å². The maximum atomic E-state index is 12.6. The van der Waals surface area contributed by atoms with Crippen LogP contribution in [0.25, 0.3) is 11.0 Å². The molecule has 0 spiro atoms. The number of aromatic nitrogens is 2. The number of benzene rings is 2. The van der Waals surface area contributed by atoms with Crippen LogP contribution >= 0.6 is 0 Å². The molecule has 3 rings (SSSR count). The molecule has 1 N–H and O–H groups in total. The summed E-state index contributed by atoms with van der Waals surface area (Å²) in [5, 5.41) is 0. The lowest BCUT2D eigenvalue weighted by molar-refractivity contribution is 0.342. The molecular weight excluding hydrogens is 314 g/mol. The van der Waals surface area contributed by atoms with Gasteiger partial charge in [-0.1, -0.05) is 12.1 Å². The fourth-order valence-corrected chi connectivity index (χ4v) is 3.41. The molecule has 23 heavy (non-hydrogen) atoms. The van der Waals surface area contributed by atoms with Crippen molar-refractivity contribution in [2.45, 2.75) is 11.8 Å². The van der Waals surface area contributed by atoms with Crippen LogP contribution in [0.1, 0.15) is 6.92 Å². The SMILES string of the molecule is CCOc1ccccc1NS(=O)(=O)c1ccc2c(c1)ncn2C. The number of imidazole rings is 1. The maximum absolute atomic E-state index is 12.6. The topological polar surface area (TPSA) is 73.2 Å². The highest BCUT2D eigenvalue weighted by atomic mass is 32.2. The number of aryl methyl sites for hydroxylation is 1. The molecule has 3 aromatic rings. The number of ether oxygens (including phenoxy) is 1. The summed E-state index contributed by atoms with van der Waals surface area (Å²) in [5.41, 5.74) is 1.92. The van der Waals surface area contributed by atoms with Crippen LogP contribution in [0.15, 0.2) is 53.7 Å². The number of anilines is 1. The van der Waals surface area contributed by atoms with Crippen molar-refractivity contribution in [3.63, 3.8) is 0 Å². The first kappa shape index (κ1) is 15.4. The molecule has 120 valence electrons. The lowest BCUT2D eigenvalue weighted by Crippen LogP contribution is -2.14. The molecule has 6 nitrogen and oxygen atoms in total. The molecule has 7 heteroatoms. The zero-order chi connectivity index (χ0) is 16.4. The van der Waals surface area contributed by atoms with E-state index in [0.717, 1.165) is 5.52 Å². The monoisotopic (exact) mass is 331 g/mol. The van der Waals surface area contributed by atoms with Crippen LogP contribution in [0.2, 0.25) is 0 Å². The normalized spacial score (nSPS) is 11.6. The number of fused-ring (bicyclic) bond motifs is 1. The fraction of sp³-hybridized carbons (Fsp3) is 0.188. The number of rotatable bonds is 5. The Morgan fingerprint density at radius 1 is 1.22 bits per heavy atom. The van der Waals surface area contributed by atoms with Crippen LogP contribution in [0.3, 0.4) is 0 Å². The van der Waals surface area contributed by atoms with Crippen molar-refractivity contribution in [2.24, 2.45) is 7.05 Å². The van der Waals surface area contributed by atoms with Crippen molar-refractivity contribution >= 4 is 26.7 Å². The van der Waals surface area contributed by atoms with Crippen LogP contribution in [0.4, 0.5) is 5.69 Å². The van der Waals surface area contributed by atoms with Gasteiger partial charge in [0.1, 0.15) is 5.75 Å². The Hall–Kier alpha value is -2.54. The average Bonchev–Trinajstić information content (AvgIpc) is 2.90. The first-order valence-corrected chi connectivity index (χ1v) is 8.65. The van der Waals surface area contributed by atoms with E-state index in [2.05, 4.69) is 9.71 Å². The summed E-state index contributed by atoms with van der Waals surface area (Å²) < 4.78 is 35.1. The number of sulfonamides is 1. The quantitative estimate of drug-likeness (QED) is 0.780. The van der Waals surface area contributed by atoms with Crippen molar-refractivity contribution < 1.29 is 13.2 Å². The Morgan fingerprint density at radius 2 is 2.00 bits per heavy atom. The van der Waals surface area contributed by atoms with Crippen LogP contribution in [0, 0.1) is 0 Å². The number of nitrogens with one attached hydrogen (secondary N) is 1. The minimum atomic E-state index is -3.72. The summed E-state index contributed by atoms with van der Waals surface area (Å²) in [6.07, 6.45) is 1.65. The van der Waals surface area contributed by atoms with Crippen molar-refractivity contribution in [3.05, 3.63) is 48.8 Å². The highest BCUT2D eigenvalue weighted by molar-refractivity contribution is 7.92. The molecule has 2 aromatic carbocycles. The number of para-hydroxylation sites is 2.